The van der Waals surface area contributed by atoms with Crippen molar-refractivity contribution in [3.63, 3.8) is 0 Å². The van der Waals surface area contributed by atoms with E-state index in [1.165, 1.54) is 19.4 Å². The van der Waals surface area contributed by atoms with Gasteiger partial charge < -0.3 is 4.90 Å². The third-order valence-electron chi connectivity index (χ3n) is 3.92. The third kappa shape index (κ3) is 3.18. The number of rotatable bonds is 4. The van der Waals surface area contributed by atoms with Gasteiger partial charge in [-0.25, -0.2) is 9.97 Å². The zero-order valence-electron chi connectivity index (χ0n) is 12.3. The van der Waals surface area contributed by atoms with Gasteiger partial charge in [-0.3, -0.25) is 4.90 Å². The monoisotopic (exact) mass is 282 g/mol. The molecule has 1 unspecified atom stereocenters. The van der Waals surface area contributed by atoms with Gasteiger partial charge in [0.05, 0.1) is 0 Å². The largest absolute Gasteiger partial charge is 0.358 e. The molecule has 1 aromatic heterocycles. The number of hydrogen-bond acceptors (Lipinski definition) is 4. The highest BCUT2D eigenvalue weighted by Crippen LogP contribution is 2.24. The Hall–Kier alpha value is -0.870. The minimum absolute atomic E-state index is 0.563. The molecule has 2 heterocycles. The van der Waals surface area contributed by atoms with Crippen LogP contribution in [0.25, 0.3) is 0 Å². The number of anilines is 1. The number of nitrogens with zero attached hydrogens (tertiary/aromatic N) is 4. The van der Waals surface area contributed by atoms with Gasteiger partial charge in [0.1, 0.15) is 16.8 Å². The van der Waals surface area contributed by atoms with Crippen LogP contribution < -0.4 is 4.90 Å². The maximum absolute atomic E-state index is 6.15. The summed E-state index contributed by atoms with van der Waals surface area (Å²) in [5.74, 6) is 1.69. The lowest BCUT2D eigenvalue weighted by atomic mass is 10.2. The molecular formula is C14H23ClN4. The van der Waals surface area contributed by atoms with E-state index in [-0.39, 0.29) is 0 Å². The van der Waals surface area contributed by atoms with Crippen molar-refractivity contribution in [3.8, 4) is 0 Å². The third-order valence-corrected chi connectivity index (χ3v) is 4.29. The summed E-state index contributed by atoms with van der Waals surface area (Å²) in [5, 5.41) is 0.563. The minimum Gasteiger partial charge on any atom is -0.358 e. The van der Waals surface area contributed by atoms with Crippen LogP contribution in [0.1, 0.15) is 31.2 Å². The molecule has 4 nitrogen and oxygen atoms in total. The summed E-state index contributed by atoms with van der Waals surface area (Å²) in [6, 6.07) is 0.628. The second-order valence-electron chi connectivity index (χ2n) is 5.32. The van der Waals surface area contributed by atoms with E-state index < -0.39 is 0 Å². The zero-order valence-corrected chi connectivity index (χ0v) is 13.0. The number of hydrogen-bond donors (Lipinski definition) is 0. The van der Waals surface area contributed by atoms with Crippen LogP contribution in [0.15, 0.2) is 0 Å². The lowest BCUT2D eigenvalue weighted by Gasteiger charge is -2.29. The van der Waals surface area contributed by atoms with Crippen molar-refractivity contribution in [3.05, 3.63) is 16.5 Å². The van der Waals surface area contributed by atoms with Crippen molar-refractivity contribution in [1.29, 1.82) is 0 Å². The maximum Gasteiger partial charge on any atom is 0.137 e. The summed E-state index contributed by atoms with van der Waals surface area (Å²) in [7, 11) is 2.09. The van der Waals surface area contributed by atoms with Gasteiger partial charge in [0, 0.05) is 25.2 Å². The van der Waals surface area contributed by atoms with Gasteiger partial charge in [-0.05, 0) is 39.8 Å². The number of aromatic nitrogens is 2. The molecule has 1 aromatic rings. The highest BCUT2D eigenvalue weighted by molar-refractivity contribution is 6.30. The van der Waals surface area contributed by atoms with Gasteiger partial charge >= 0.3 is 0 Å². The maximum atomic E-state index is 6.15. The highest BCUT2D eigenvalue weighted by Gasteiger charge is 2.25. The van der Waals surface area contributed by atoms with Crippen LogP contribution in [0.2, 0.25) is 5.15 Å². The van der Waals surface area contributed by atoms with Crippen molar-refractivity contribution < 1.29 is 0 Å². The Labute approximate surface area is 120 Å². The summed E-state index contributed by atoms with van der Waals surface area (Å²) in [4.78, 5) is 13.5. The summed E-state index contributed by atoms with van der Waals surface area (Å²) < 4.78 is 0. The van der Waals surface area contributed by atoms with Crippen LogP contribution in [0, 0.1) is 13.8 Å². The lowest BCUT2D eigenvalue weighted by Crippen LogP contribution is -2.39. The molecule has 1 saturated heterocycles. The molecule has 0 radical (unpaired) electrons. The smallest absolute Gasteiger partial charge is 0.137 e. The van der Waals surface area contributed by atoms with E-state index in [1.54, 1.807) is 0 Å². The zero-order chi connectivity index (χ0) is 14.0. The number of aryl methyl sites for hydroxylation is 1. The molecule has 0 bridgehead atoms. The number of halogens is 1. The van der Waals surface area contributed by atoms with Crippen LogP contribution in [-0.2, 0) is 0 Å². The van der Waals surface area contributed by atoms with Crippen molar-refractivity contribution in [2.45, 2.75) is 39.7 Å². The van der Waals surface area contributed by atoms with Crippen LogP contribution in [0.3, 0.4) is 0 Å². The first kappa shape index (κ1) is 14.5. The average Bonchev–Trinajstić information content (AvgIpc) is 2.80. The van der Waals surface area contributed by atoms with Crippen molar-refractivity contribution >= 4 is 17.4 Å². The van der Waals surface area contributed by atoms with Crippen LogP contribution in [0.4, 0.5) is 5.82 Å². The average molecular weight is 283 g/mol. The fraction of sp³-hybridized carbons (Fsp3) is 0.714. The predicted octanol–water partition coefficient (Wildman–Crippen LogP) is 2.67. The second kappa shape index (κ2) is 6.06. The molecule has 106 valence electrons. The molecule has 1 atom stereocenters. The van der Waals surface area contributed by atoms with Gasteiger partial charge in [-0.1, -0.05) is 18.5 Å². The van der Waals surface area contributed by atoms with Crippen molar-refractivity contribution in [2.24, 2.45) is 0 Å². The van der Waals surface area contributed by atoms with E-state index >= 15 is 0 Å². The standard InChI is InChI=1S/C14H23ClN4/c1-5-19-8-6-7-12(19)9-18(4)14-10(2)13(15)16-11(3)17-14/h12H,5-9H2,1-4H3. The Kier molecular flexibility index (Phi) is 4.63. The van der Waals surface area contributed by atoms with E-state index in [1.807, 2.05) is 13.8 Å². The van der Waals surface area contributed by atoms with Crippen molar-refractivity contribution in [2.75, 3.05) is 31.6 Å². The highest BCUT2D eigenvalue weighted by atomic mass is 35.5. The van der Waals surface area contributed by atoms with Gasteiger partial charge in [0.25, 0.3) is 0 Å². The Morgan fingerprint density at radius 1 is 1.37 bits per heavy atom. The molecular weight excluding hydrogens is 260 g/mol. The topological polar surface area (TPSA) is 32.3 Å². The molecule has 2 rings (SSSR count). The first-order valence-electron chi connectivity index (χ1n) is 6.98. The molecule has 19 heavy (non-hydrogen) atoms. The first-order chi connectivity index (χ1) is 9.02. The number of likely N-dealkylation sites (tertiary alicyclic amines) is 1. The molecule has 0 aliphatic carbocycles. The van der Waals surface area contributed by atoms with E-state index in [0.29, 0.717) is 11.2 Å². The predicted molar refractivity (Wildman–Crippen MR) is 80.1 cm³/mol. The van der Waals surface area contributed by atoms with Gasteiger partial charge in [0.2, 0.25) is 0 Å². The molecule has 0 spiro atoms. The van der Waals surface area contributed by atoms with Crippen LogP contribution in [-0.4, -0.2) is 47.6 Å². The Morgan fingerprint density at radius 2 is 2.11 bits per heavy atom. The molecule has 1 aliphatic heterocycles. The fourth-order valence-corrected chi connectivity index (χ4v) is 3.08. The van der Waals surface area contributed by atoms with Crippen molar-refractivity contribution in [1.82, 2.24) is 14.9 Å². The van der Waals surface area contributed by atoms with Gasteiger partial charge in [-0.2, -0.15) is 0 Å². The molecule has 0 amide bonds. The molecule has 0 N–H and O–H groups in total. The van der Waals surface area contributed by atoms with Gasteiger partial charge in [-0.15, -0.1) is 0 Å². The fourth-order valence-electron chi connectivity index (χ4n) is 2.87. The second-order valence-corrected chi connectivity index (χ2v) is 5.67. The SMILES string of the molecule is CCN1CCCC1CN(C)c1nc(C)nc(Cl)c1C. The van der Waals surface area contributed by atoms with Gasteiger partial charge in [0.15, 0.2) is 0 Å². The van der Waals surface area contributed by atoms with E-state index in [0.717, 1.165) is 30.3 Å². The van der Waals surface area contributed by atoms with E-state index in [2.05, 4.69) is 33.7 Å². The Balaban J connectivity index is 2.13. The number of likely N-dealkylation sites (N-methyl/N-ethyl adjacent to an activating group) is 2. The summed E-state index contributed by atoms with van der Waals surface area (Å²) in [6.07, 6.45) is 2.57. The van der Waals surface area contributed by atoms with Crippen LogP contribution >= 0.6 is 11.6 Å². The minimum atomic E-state index is 0.563. The van der Waals surface area contributed by atoms with E-state index in [9.17, 15) is 0 Å². The van der Waals surface area contributed by atoms with Crippen LogP contribution in [0.5, 0.6) is 0 Å². The molecule has 0 saturated carbocycles. The summed E-state index contributed by atoms with van der Waals surface area (Å²) >= 11 is 6.15. The molecule has 5 heteroatoms. The molecule has 1 aliphatic rings. The molecule has 0 aromatic carbocycles. The Bertz CT molecular complexity index is 449. The quantitative estimate of drug-likeness (QED) is 0.795. The summed E-state index contributed by atoms with van der Waals surface area (Å²) in [5.41, 5.74) is 0.968. The normalized spacial score (nSPS) is 19.9. The lowest BCUT2D eigenvalue weighted by molar-refractivity contribution is 0.270. The summed E-state index contributed by atoms with van der Waals surface area (Å²) in [6.45, 7) is 9.45. The Morgan fingerprint density at radius 3 is 2.79 bits per heavy atom. The first-order valence-corrected chi connectivity index (χ1v) is 7.36. The van der Waals surface area contributed by atoms with E-state index in [4.69, 9.17) is 11.6 Å². The molecule has 1 fully saturated rings.